The number of ether oxygens (including phenoxy) is 1. The Balaban J connectivity index is 3.13. The van der Waals surface area contributed by atoms with Crippen LogP contribution >= 0.6 is 11.6 Å². The van der Waals surface area contributed by atoms with E-state index >= 15 is 0 Å². The Morgan fingerprint density at radius 3 is 2.59 bits per heavy atom. The standard InChI is InChI=1S/C10H8ClNO4S/c1-16-10(13)5-3-7-2-4-9(8(11)6-7)17(12,14)15/h2,4,6H,1H3,(H2,12,14,15). The van der Waals surface area contributed by atoms with Gasteiger partial charge >= 0.3 is 5.97 Å². The third-order valence-corrected chi connectivity index (χ3v) is 3.13. The molecule has 0 aromatic heterocycles. The number of hydrogen-bond acceptors (Lipinski definition) is 4. The van der Waals surface area contributed by atoms with Crippen LogP contribution in [0.3, 0.4) is 0 Å². The Morgan fingerprint density at radius 1 is 1.47 bits per heavy atom. The molecule has 5 nitrogen and oxygen atoms in total. The first-order chi connectivity index (χ1) is 7.84. The number of carbonyl (C=O) groups is 1. The van der Waals surface area contributed by atoms with Gasteiger partial charge in [0.25, 0.3) is 0 Å². The van der Waals surface area contributed by atoms with Crippen molar-refractivity contribution in [1.82, 2.24) is 0 Å². The lowest BCUT2D eigenvalue weighted by Crippen LogP contribution is -2.12. The van der Waals surface area contributed by atoms with Crippen molar-refractivity contribution >= 4 is 27.6 Å². The van der Waals surface area contributed by atoms with E-state index in [0.29, 0.717) is 5.56 Å². The number of benzene rings is 1. The van der Waals surface area contributed by atoms with Crippen molar-refractivity contribution in [2.24, 2.45) is 5.14 Å². The second-order valence-corrected chi connectivity index (χ2v) is 4.87. The molecule has 0 fully saturated rings. The molecule has 1 aromatic rings. The highest BCUT2D eigenvalue weighted by atomic mass is 35.5. The molecule has 0 bridgehead atoms. The number of hydrogen-bond donors (Lipinski definition) is 1. The van der Waals surface area contributed by atoms with E-state index in [4.69, 9.17) is 16.7 Å². The van der Waals surface area contributed by atoms with Gasteiger partial charge in [0.05, 0.1) is 12.1 Å². The van der Waals surface area contributed by atoms with E-state index in [1.54, 1.807) is 0 Å². The van der Waals surface area contributed by atoms with E-state index < -0.39 is 16.0 Å². The Bertz CT molecular complexity index is 613. The number of sulfonamides is 1. The topological polar surface area (TPSA) is 86.5 Å². The van der Waals surface area contributed by atoms with Crippen molar-refractivity contribution in [1.29, 1.82) is 0 Å². The number of carbonyl (C=O) groups excluding carboxylic acids is 1. The Morgan fingerprint density at radius 2 is 2.12 bits per heavy atom. The number of primary sulfonamides is 1. The van der Waals surface area contributed by atoms with Crippen molar-refractivity contribution in [2.75, 3.05) is 7.11 Å². The molecule has 0 amide bonds. The van der Waals surface area contributed by atoms with Crippen LogP contribution in [0.1, 0.15) is 5.56 Å². The van der Waals surface area contributed by atoms with E-state index in [1.165, 1.54) is 25.3 Å². The SMILES string of the molecule is COC(=O)C#Cc1ccc(S(N)(=O)=O)c(Cl)c1. The van der Waals surface area contributed by atoms with Crippen molar-refractivity contribution in [2.45, 2.75) is 4.90 Å². The second kappa shape index (κ2) is 5.19. The van der Waals surface area contributed by atoms with E-state index in [1.807, 2.05) is 0 Å². The zero-order chi connectivity index (χ0) is 13.1. The normalized spacial score (nSPS) is 10.3. The highest BCUT2D eigenvalue weighted by Crippen LogP contribution is 2.20. The molecule has 0 radical (unpaired) electrons. The molecule has 0 atom stereocenters. The molecule has 0 saturated heterocycles. The first-order valence-electron chi connectivity index (χ1n) is 4.27. The van der Waals surface area contributed by atoms with Gasteiger partial charge in [0.1, 0.15) is 4.90 Å². The van der Waals surface area contributed by atoms with Crippen LogP contribution in [0.5, 0.6) is 0 Å². The van der Waals surface area contributed by atoms with Gasteiger partial charge in [-0.1, -0.05) is 17.5 Å². The van der Waals surface area contributed by atoms with Gasteiger partial charge in [-0.05, 0) is 18.2 Å². The van der Waals surface area contributed by atoms with Gasteiger partial charge in [-0.15, -0.1) is 0 Å². The van der Waals surface area contributed by atoms with Crippen LogP contribution in [-0.4, -0.2) is 21.5 Å². The molecule has 0 aliphatic heterocycles. The summed E-state index contributed by atoms with van der Waals surface area (Å²) in [7, 11) is -2.66. The first kappa shape index (κ1) is 13.5. The van der Waals surface area contributed by atoms with Crippen molar-refractivity contribution < 1.29 is 17.9 Å². The minimum atomic E-state index is -3.86. The molecular formula is C10H8ClNO4S. The van der Waals surface area contributed by atoms with Crippen LogP contribution in [0.25, 0.3) is 0 Å². The summed E-state index contributed by atoms with van der Waals surface area (Å²) in [6, 6.07) is 3.91. The van der Waals surface area contributed by atoms with E-state index in [9.17, 15) is 13.2 Å². The molecular weight excluding hydrogens is 266 g/mol. The van der Waals surface area contributed by atoms with Crippen molar-refractivity contribution in [3.05, 3.63) is 28.8 Å². The smallest absolute Gasteiger partial charge is 0.384 e. The third kappa shape index (κ3) is 3.75. The predicted molar refractivity (Wildman–Crippen MR) is 61.7 cm³/mol. The molecule has 0 saturated carbocycles. The zero-order valence-corrected chi connectivity index (χ0v) is 10.3. The minimum absolute atomic E-state index is 0.0517. The molecule has 0 spiro atoms. The maximum Gasteiger partial charge on any atom is 0.384 e. The average Bonchev–Trinajstić information content (AvgIpc) is 2.24. The first-order valence-corrected chi connectivity index (χ1v) is 6.19. The quantitative estimate of drug-likeness (QED) is 0.597. The molecule has 0 aliphatic rings. The van der Waals surface area contributed by atoms with Crippen LogP contribution in [0.4, 0.5) is 0 Å². The maximum atomic E-state index is 11.1. The molecule has 2 N–H and O–H groups in total. The van der Waals surface area contributed by atoms with Crippen LogP contribution in [0, 0.1) is 11.8 Å². The monoisotopic (exact) mass is 273 g/mol. The van der Waals surface area contributed by atoms with Gasteiger partial charge in [-0.2, -0.15) is 0 Å². The molecule has 90 valence electrons. The van der Waals surface area contributed by atoms with Crippen LogP contribution < -0.4 is 5.14 Å². The average molecular weight is 274 g/mol. The number of rotatable bonds is 1. The van der Waals surface area contributed by atoms with E-state index in [0.717, 1.165) is 0 Å². The number of methoxy groups -OCH3 is 1. The fourth-order valence-corrected chi connectivity index (χ4v) is 2.08. The largest absolute Gasteiger partial charge is 0.459 e. The van der Waals surface area contributed by atoms with Crippen molar-refractivity contribution in [3.8, 4) is 11.8 Å². The predicted octanol–water partition coefficient (Wildman–Crippen LogP) is 0.512. The molecule has 7 heteroatoms. The Hall–Kier alpha value is -1.55. The number of halogens is 1. The summed E-state index contributed by atoms with van der Waals surface area (Å²) >= 11 is 5.72. The van der Waals surface area contributed by atoms with Gasteiger partial charge in [0, 0.05) is 11.5 Å². The highest BCUT2D eigenvalue weighted by Gasteiger charge is 2.12. The Kier molecular flexibility index (Phi) is 4.12. The number of esters is 1. The van der Waals surface area contributed by atoms with Crippen LogP contribution in [-0.2, 0) is 19.6 Å². The summed E-state index contributed by atoms with van der Waals surface area (Å²) in [5, 5.41) is 4.88. The Labute approximate surface area is 104 Å². The maximum absolute atomic E-state index is 11.1. The fourth-order valence-electron chi connectivity index (χ4n) is 0.984. The molecule has 1 aromatic carbocycles. The van der Waals surface area contributed by atoms with Gasteiger partial charge < -0.3 is 4.74 Å². The lowest BCUT2D eigenvalue weighted by molar-refractivity contribution is -0.133. The summed E-state index contributed by atoms with van der Waals surface area (Å²) in [6.45, 7) is 0. The molecule has 0 heterocycles. The second-order valence-electron chi connectivity index (χ2n) is 2.93. The summed E-state index contributed by atoms with van der Waals surface area (Å²) in [4.78, 5) is 10.6. The summed E-state index contributed by atoms with van der Waals surface area (Å²) < 4.78 is 26.4. The lowest BCUT2D eigenvalue weighted by atomic mass is 10.2. The van der Waals surface area contributed by atoms with Gasteiger partial charge in [0.2, 0.25) is 10.0 Å². The summed E-state index contributed by atoms with van der Waals surface area (Å²) in [5.41, 5.74) is 0.382. The van der Waals surface area contributed by atoms with Crippen LogP contribution in [0.2, 0.25) is 5.02 Å². The van der Waals surface area contributed by atoms with Crippen molar-refractivity contribution in [3.63, 3.8) is 0 Å². The van der Waals surface area contributed by atoms with E-state index in [-0.39, 0.29) is 9.92 Å². The van der Waals surface area contributed by atoms with Crippen LogP contribution in [0.15, 0.2) is 23.1 Å². The molecule has 17 heavy (non-hydrogen) atoms. The molecule has 0 aliphatic carbocycles. The summed E-state index contributed by atoms with van der Waals surface area (Å²) in [6.07, 6.45) is 0. The molecule has 0 unspecified atom stereocenters. The fraction of sp³-hybridized carbons (Fsp3) is 0.100. The lowest BCUT2D eigenvalue weighted by Gasteiger charge is -2.01. The third-order valence-electron chi connectivity index (χ3n) is 1.73. The highest BCUT2D eigenvalue weighted by molar-refractivity contribution is 7.89. The summed E-state index contributed by atoms with van der Waals surface area (Å²) in [5.74, 6) is 3.96. The minimum Gasteiger partial charge on any atom is -0.459 e. The van der Waals surface area contributed by atoms with Gasteiger partial charge in [-0.3, -0.25) is 0 Å². The van der Waals surface area contributed by atoms with Gasteiger partial charge in [0.15, 0.2) is 0 Å². The number of nitrogens with two attached hydrogens (primary N) is 1. The van der Waals surface area contributed by atoms with E-state index in [2.05, 4.69) is 16.6 Å². The zero-order valence-electron chi connectivity index (χ0n) is 8.73. The van der Waals surface area contributed by atoms with Gasteiger partial charge in [-0.25, -0.2) is 18.4 Å². The molecule has 1 rings (SSSR count).